The number of carbonyl (C=O) groups excluding carboxylic acids is 2. The van der Waals surface area contributed by atoms with Crippen LogP contribution in [0.1, 0.15) is 29.9 Å². The molecule has 184 valence electrons. The quantitative estimate of drug-likeness (QED) is 0.556. The third-order valence-corrected chi connectivity index (χ3v) is 6.99. The number of alkyl carbamates (subject to hydrolysis) is 1. The molecular weight excluding hydrogens is 452 g/mol. The van der Waals surface area contributed by atoms with Crippen molar-refractivity contribution in [1.29, 1.82) is 0 Å². The summed E-state index contributed by atoms with van der Waals surface area (Å²) in [4.78, 5) is 36.5. The first-order valence-corrected chi connectivity index (χ1v) is 11.9. The maximum absolute atomic E-state index is 12.7. The standard InChI is InChI=1S/C26H28N2O7/c29-24(28-21-10-12-34-23(21)25(30)31)22-15(9-11-33-22)13-27-26(32)35-14-20-18-7-3-1-5-16(18)17-6-2-4-8-19(17)20/h1-8,15,20-23H,9-14H2,(H,27,32)(H,28,29)(H,30,31)/t15-,21+,22-,23-/m1/s1. The van der Waals surface area contributed by atoms with Crippen molar-refractivity contribution in [3.05, 3.63) is 59.7 Å². The lowest BCUT2D eigenvalue weighted by molar-refractivity contribution is -0.148. The van der Waals surface area contributed by atoms with Crippen molar-refractivity contribution in [2.75, 3.05) is 26.4 Å². The summed E-state index contributed by atoms with van der Waals surface area (Å²) < 4.78 is 16.3. The number of rotatable bonds is 7. The Bertz CT molecular complexity index is 1070. The first-order chi connectivity index (χ1) is 17.0. The van der Waals surface area contributed by atoms with Gasteiger partial charge in [-0.1, -0.05) is 48.5 Å². The molecule has 2 heterocycles. The molecule has 0 unspecified atom stereocenters. The molecule has 35 heavy (non-hydrogen) atoms. The summed E-state index contributed by atoms with van der Waals surface area (Å²) in [6.45, 7) is 1.10. The lowest BCUT2D eigenvalue weighted by atomic mass is 9.98. The van der Waals surface area contributed by atoms with E-state index in [0.717, 1.165) is 22.3 Å². The summed E-state index contributed by atoms with van der Waals surface area (Å²) in [5.41, 5.74) is 4.59. The fraction of sp³-hybridized carbons (Fsp3) is 0.423. The Morgan fingerprint density at radius 2 is 1.54 bits per heavy atom. The number of aliphatic carboxylic acids is 1. The van der Waals surface area contributed by atoms with Gasteiger partial charge >= 0.3 is 12.1 Å². The van der Waals surface area contributed by atoms with E-state index in [1.807, 2.05) is 24.3 Å². The maximum atomic E-state index is 12.7. The van der Waals surface area contributed by atoms with E-state index >= 15 is 0 Å². The number of fused-ring (bicyclic) bond motifs is 3. The average Bonchev–Trinajstić information content (AvgIpc) is 3.59. The molecule has 5 rings (SSSR count). The van der Waals surface area contributed by atoms with Gasteiger partial charge in [-0.15, -0.1) is 0 Å². The number of benzene rings is 2. The molecule has 0 aromatic heterocycles. The lowest BCUT2D eigenvalue weighted by Gasteiger charge is -2.22. The Kier molecular flexibility index (Phi) is 6.70. The topological polar surface area (TPSA) is 123 Å². The van der Waals surface area contributed by atoms with Crippen LogP contribution in [0.15, 0.2) is 48.5 Å². The summed E-state index contributed by atoms with van der Waals surface area (Å²) in [5.74, 6) is -1.75. The van der Waals surface area contributed by atoms with Crippen LogP contribution in [-0.2, 0) is 23.8 Å². The smallest absolute Gasteiger partial charge is 0.407 e. The van der Waals surface area contributed by atoms with Crippen LogP contribution in [0.25, 0.3) is 11.1 Å². The van der Waals surface area contributed by atoms with Gasteiger partial charge in [0.1, 0.15) is 12.7 Å². The predicted molar refractivity (Wildman–Crippen MR) is 125 cm³/mol. The Morgan fingerprint density at radius 3 is 2.23 bits per heavy atom. The molecule has 3 N–H and O–H groups in total. The number of carbonyl (C=O) groups is 3. The van der Waals surface area contributed by atoms with E-state index < -0.39 is 30.3 Å². The molecule has 2 aromatic carbocycles. The maximum Gasteiger partial charge on any atom is 0.407 e. The Hall–Kier alpha value is -3.43. The van der Waals surface area contributed by atoms with Gasteiger partial charge in [0.05, 0.1) is 6.04 Å². The zero-order valence-electron chi connectivity index (χ0n) is 19.1. The molecular formula is C26H28N2O7. The van der Waals surface area contributed by atoms with Gasteiger partial charge in [0.15, 0.2) is 6.10 Å². The van der Waals surface area contributed by atoms with Crippen LogP contribution >= 0.6 is 0 Å². The van der Waals surface area contributed by atoms with Crippen LogP contribution in [0.3, 0.4) is 0 Å². The van der Waals surface area contributed by atoms with Gasteiger partial charge in [0.25, 0.3) is 0 Å². The molecule has 2 aliphatic heterocycles. The second-order valence-corrected chi connectivity index (χ2v) is 9.08. The Labute approximate surface area is 202 Å². The SMILES string of the molecule is O=C(NC[C@H]1CCO[C@H]1C(=O)N[C@H]1CCO[C@H]1C(=O)O)OCC1c2ccccc2-c2ccccc21. The van der Waals surface area contributed by atoms with Crippen LogP contribution in [-0.4, -0.2) is 67.7 Å². The highest BCUT2D eigenvalue weighted by Gasteiger charge is 2.40. The number of ether oxygens (including phenoxy) is 3. The Balaban J connectivity index is 1.14. The largest absolute Gasteiger partial charge is 0.479 e. The highest BCUT2D eigenvalue weighted by atomic mass is 16.5. The van der Waals surface area contributed by atoms with E-state index in [1.54, 1.807) is 0 Å². The third kappa shape index (κ3) is 4.74. The second kappa shape index (κ2) is 10.1. The van der Waals surface area contributed by atoms with Crippen LogP contribution in [0, 0.1) is 5.92 Å². The number of carboxylic acids is 1. The van der Waals surface area contributed by atoms with Gasteiger partial charge in [0.2, 0.25) is 5.91 Å². The third-order valence-electron chi connectivity index (χ3n) is 6.99. The van der Waals surface area contributed by atoms with Crippen LogP contribution < -0.4 is 10.6 Å². The van der Waals surface area contributed by atoms with E-state index in [-0.39, 0.29) is 37.5 Å². The fourth-order valence-corrected chi connectivity index (χ4v) is 5.24. The molecule has 3 aliphatic rings. The van der Waals surface area contributed by atoms with E-state index in [1.165, 1.54) is 0 Å². The first-order valence-electron chi connectivity index (χ1n) is 11.9. The van der Waals surface area contributed by atoms with Crippen molar-refractivity contribution in [3.63, 3.8) is 0 Å². The summed E-state index contributed by atoms with van der Waals surface area (Å²) >= 11 is 0. The normalized spacial score (nSPS) is 25.0. The van der Waals surface area contributed by atoms with Gasteiger partial charge in [-0.05, 0) is 35.1 Å². The summed E-state index contributed by atoms with van der Waals surface area (Å²) in [7, 11) is 0. The number of carboxylic acid groups (broad SMARTS) is 1. The molecule has 2 saturated heterocycles. The van der Waals surface area contributed by atoms with Crippen LogP contribution in [0.4, 0.5) is 4.79 Å². The van der Waals surface area contributed by atoms with Gasteiger partial charge in [-0.25, -0.2) is 9.59 Å². The fourth-order valence-electron chi connectivity index (χ4n) is 5.24. The molecule has 2 amide bonds. The summed E-state index contributed by atoms with van der Waals surface area (Å²) in [6, 6.07) is 15.7. The van der Waals surface area contributed by atoms with Crippen molar-refractivity contribution in [3.8, 4) is 11.1 Å². The van der Waals surface area contributed by atoms with E-state index in [2.05, 4.69) is 34.9 Å². The summed E-state index contributed by atoms with van der Waals surface area (Å²) in [6.07, 6.45) is -1.34. The van der Waals surface area contributed by atoms with Gasteiger partial charge in [-0.3, -0.25) is 4.79 Å². The number of nitrogens with one attached hydrogen (secondary N) is 2. The second-order valence-electron chi connectivity index (χ2n) is 9.08. The molecule has 0 saturated carbocycles. The lowest BCUT2D eigenvalue weighted by Crippen LogP contribution is -2.50. The van der Waals surface area contributed by atoms with Crippen molar-refractivity contribution >= 4 is 18.0 Å². The number of hydrogen-bond donors (Lipinski definition) is 3. The van der Waals surface area contributed by atoms with Crippen LogP contribution in [0.2, 0.25) is 0 Å². The predicted octanol–water partition coefficient (Wildman–Crippen LogP) is 2.29. The zero-order valence-corrected chi connectivity index (χ0v) is 19.1. The van der Waals surface area contributed by atoms with E-state index in [0.29, 0.717) is 19.4 Å². The molecule has 2 fully saturated rings. The highest BCUT2D eigenvalue weighted by molar-refractivity contribution is 5.83. The first kappa shape index (κ1) is 23.3. The van der Waals surface area contributed by atoms with Gasteiger partial charge in [0, 0.05) is 31.6 Å². The molecule has 1 aliphatic carbocycles. The molecule has 0 bridgehead atoms. The van der Waals surface area contributed by atoms with Crippen LogP contribution in [0.5, 0.6) is 0 Å². The summed E-state index contributed by atoms with van der Waals surface area (Å²) in [5, 5.41) is 14.7. The van der Waals surface area contributed by atoms with Gasteiger partial charge in [-0.2, -0.15) is 0 Å². The highest BCUT2D eigenvalue weighted by Crippen LogP contribution is 2.44. The van der Waals surface area contributed by atoms with Crippen molar-refractivity contribution in [2.45, 2.75) is 37.0 Å². The minimum absolute atomic E-state index is 0.0303. The van der Waals surface area contributed by atoms with Crippen molar-refractivity contribution in [1.82, 2.24) is 10.6 Å². The van der Waals surface area contributed by atoms with Crippen molar-refractivity contribution < 1.29 is 33.7 Å². The minimum Gasteiger partial charge on any atom is -0.479 e. The molecule has 2 aromatic rings. The van der Waals surface area contributed by atoms with Crippen molar-refractivity contribution in [2.24, 2.45) is 5.92 Å². The molecule has 0 radical (unpaired) electrons. The zero-order chi connectivity index (χ0) is 24.4. The number of hydrogen-bond acceptors (Lipinski definition) is 6. The molecule has 4 atom stereocenters. The van der Waals surface area contributed by atoms with Gasteiger partial charge < -0.3 is 30.0 Å². The molecule has 9 nitrogen and oxygen atoms in total. The average molecular weight is 481 g/mol. The minimum atomic E-state index is -1.10. The van der Waals surface area contributed by atoms with E-state index in [4.69, 9.17) is 14.2 Å². The molecule has 9 heteroatoms. The Morgan fingerprint density at radius 1 is 0.914 bits per heavy atom. The van der Waals surface area contributed by atoms with E-state index in [9.17, 15) is 19.5 Å². The number of amides is 2. The molecule has 0 spiro atoms. The monoisotopic (exact) mass is 480 g/mol.